The highest BCUT2D eigenvalue weighted by Crippen LogP contribution is 2.25. The van der Waals surface area contributed by atoms with Gasteiger partial charge in [0.05, 0.1) is 21.2 Å². The van der Waals surface area contributed by atoms with Crippen molar-refractivity contribution in [3.8, 4) is 10.6 Å². The molecule has 0 spiro atoms. The fourth-order valence-electron chi connectivity index (χ4n) is 2.09. The maximum Gasteiger partial charge on any atom is 0.340 e. The molecule has 3 rings (SSSR count). The van der Waals surface area contributed by atoms with Crippen LogP contribution in [-0.2, 0) is 11.3 Å². The number of carbonyl (C=O) groups is 1. The third-order valence-electron chi connectivity index (χ3n) is 3.31. The van der Waals surface area contributed by atoms with Crippen molar-refractivity contribution >= 4 is 34.6 Å². The number of thiazole rings is 1. The van der Waals surface area contributed by atoms with E-state index in [9.17, 15) is 14.9 Å². The van der Waals surface area contributed by atoms with Gasteiger partial charge in [0.1, 0.15) is 11.6 Å². The molecule has 0 atom stereocenters. The molecular weight excluding hydrogens is 364 g/mol. The van der Waals surface area contributed by atoms with E-state index < -0.39 is 10.9 Å². The number of nitrogens with zero attached hydrogens (tertiary/aromatic N) is 2. The maximum absolute atomic E-state index is 12.1. The average Bonchev–Trinajstić information content (AvgIpc) is 3.09. The first-order chi connectivity index (χ1) is 12.0. The molecular formula is C17H11ClN2O4S. The SMILES string of the molecule is O=C(OCc1csc(-c2ccccc2)n1)c1ccc([N+](=O)[O-])cc1Cl. The summed E-state index contributed by atoms with van der Waals surface area (Å²) in [4.78, 5) is 26.6. The summed E-state index contributed by atoms with van der Waals surface area (Å²) in [5.74, 6) is -0.658. The maximum atomic E-state index is 12.1. The van der Waals surface area contributed by atoms with E-state index in [-0.39, 0.29) is 22.9 Å². The largest absolute Gasteiger partial charge is 0.456 e. The van der Waals surface area contributed by atoms with Gasteiger partial charge in [-0.3, -0.25) is 10.1 Å². The van der Waals surface area contributed by atoms with Crippen molar-refractivity contribution in [2.75, 3.05) is 0 Å². The number of nitro benzene ring substituents is 1. The lowest BCUT2D eigenvalue weighted by molar-refractivity contribution is -0.384. The van der Waals surface area contributed by atoms with Gasteiger partial charge in [-0.05, 0) is 6.07 Å². The van der Waals surface area contributed by atoms with Gasteiger partial charge in [0.2, 0.25) is 0 Å². The number of aromatic nitrogens is 1. The first-order valence-electron chi connectivity index (χ1n) is 7.15. The minimum atomic E-state index is -0.658. The molecule has 8 heteroatoms. The van der Waals surface area contributed by atoms with Gasteiger partial charge in [0.25, 0.3) is 5.69 Å². The van der Waals surface area contributed by atoms with Crippen molar-refractivity contribution in [3.05, 3.63) is 80.3 Å². The number of esters is 1. The Bertz CT molecular complexity index is 927. The van der Waals surface area contributed by atoms with Crippen molar-refractivity contribution < 1.29 is 14.5 Å². The first kappa shape index (κ1) is 17.1. The fraction of sp³-hybridized carbons (Fsp3) is 0.0588. The van der Waals surface area contributed by atoms with E-state index in [0.717, 1.165) is 16.6 Å². The lowest BCUT2D eigenvalue weighted by Gasteiger charge is -2.04. The van der Waals surface area contributed by atoms with Crippen molar-refractivity contribution in [2.45, 2.75) is 6.61 Å². The van der Waals surface area contributed by atoms with Crippen molar-refractivity contribution in [1.82, 2.24) is 4.98 Å². The molecule has 0 aliphatic heterocycles. The predicted octanol–water partition coefficient (Wildman–Crippen LogP) is 4.73. The normalized spacial score (nSPS) is 10.4. The average molecular weight is 375 g/mol. The molecule has 25 heavy (non-hydrogen) atoms. The predicted molar refractivity (Wildman–Crippen MR) is 94.8 cm³/mol. The van der Waals surface area contributed by atoms with Gasteiger partial charge in [-0.2, -0.15) is 0 Å². The van der Waals surface area contributed by atoms with E-state index in [1.165, 1.54) is 23.5 Å². The summed E-state index contributed by atoms with van der Waals surface area (Å²) in [5, 5.41) is 13.3. The molecule has 3 aromatic rings. The van der Waals surface area contributed by atoms with Crippen LogP contribution in [0.3, 0.4) is 0 Å². The molecule has 1 heterocycles. The molecule has 0 aliphatic carbocycles. The number of non-ortho nitro benzene ring substituents is 1. The monoisotopic (exact) mass is 374 g/mol. The van der Waals surface area contributed by atoms with Crippen molar-refractivity contribution in [1.29, 1.82) is 0 Å². The Kier molecular flexibility index (Phi) is 5.06. The summed E-state index contributed by atoms with van der Waals surface area (Å²) in [6.07, 6.45) is 0. The summed E-state index contributed by atoms with van der Waals surface area (Å²) in [6, 6.07) is 13.3. The third kappa shape index (κ3) is 4.01. The third-order valence-corrected chi connectivity index (χ3v) is 4.56. The standard InChI is InChI=1S/C17H11ClN2O4S/c18-15-8-13(20(22)23)6-7-14(15)17(21)24-9-12-10-25-16(19-12)11-4-2-1-3-5-11/h1-8,10H,9H2. The molecule has 0 amide bonds. The van der Waals surface area contributed by atoms with E-state index >= 15 is 0 Å². The zero-order valence-electron chi connectivity index (χ0n) is 12.7. The first-order valence-corrected chi connectivity index (χ1v) is 8.41. The number of carbonyl (C=O) groups excluding carboxylic acids is 1. The molecule has 0 saturated heterocycles. The quantitative estimate of drug-likeness (QED) is 0.366. The summed E-state index contributed by atoms with van der Waals surface area (Å²) >= 11 is 7.37. The summed E-state index contributed by atoms with van der Waals surface area (Å²) in [5.41, 5.74) is 1.50. The molecule has 1 aromatic heterocycles. The lowest BCUT2D eigenvalue weighted by Crippen LogP contribution is -2.06. The van der Waals surface area contributed by atoms with Crippen LogP contribution in [-0.4, -0.2) is 15.9 Å². The molecule has 0 radical (unpaired) electrons. The Morgan fingerprint density at radius 1 is 1.24 bits per heavy atom. The number of halogens is 1. The Balaban J connectivity index is 1.67. The van der Waals surface area contributed by atoms with Crippen LogP contribution in [0.5, 0.6) is 0 Å². The van der Waals surface area contributed by atoms with Crippen LogP contribution < -0.4 is 0 Å². The van der Waals surface area contributed by atoms with Gasteiger partial charge in [-0.15, -0.1) is 11.3 Å². The van der Waals surface area contributed by atoms with Gasteiger partial charge in [-0.1, -0.05) is 41.9 Å². The number of hydrogen-bond donors (Lipinski definition) is 0. The topological polar surface area (TPSA) is 82.3 Å². The van der Waals surface area contributed by atoms with Crippen LogP contribution >= 0.6 is 22.9 Å². The second-order valence-electron chi connectivity index (χ2n) is 5.01. The highest BCUT2D eigenvalue weighted by Gasteiger charge is 2.16. The van der Waals surface area contributed by atoms with Gasteiger partial charge in [-0.25, -0.2) is 9.78 Å². The summed E-state index contributed by atoms with van der Waals surface area (Å²) in [6.45, 7) is -0.00448. The highest BCUT2D eigenvalue weighted by atomic mass is 35.5. The molecule has 0 fully saturated rings. The van der Waals surface area contributed by atoms with E-state index in [4.69, 9.17) is 16.3 Å². The van der Waals surface area contributed by atoms with Crippen LogP contribution in [0.25, 0.3) is 10.6 Å². The number of hydrogen-bond acceptors (Lipinski definition) is 6. The van der Waals surface area contributed by atoms with Crippen LogP contribution in [0, 0.1) is 10.1 Å². The Hall–Kier alpha value is -2.77. The zero-order chi connectivity index (χ0) is 17.8. The molecule has 0 N–H and O–H groups in total. The van der Waals surface area contributed by atoms with E-state index in [1.807, 2.05) is 35.7 Å². The molecule has 0 aliphatic rings. The van der Waals surface area contributed by atoms with Crippen molar-refractivity contribution in [3.63, 3.8) is 0 Å². The number of nitro groups is 1. The number of ether oxygens (including phenoxy) is 1. The lowest BCUT2D eigenvalue weighted by atomic mass is 10.2. The number of benzene rings is 2. The van der Waals surface area contributed by atoms with Gasteiger partial charge in [0.15, 0.2) is 0 Å². The van der Waals surface area contributed by atoms with Crippen LogP contribution in [0.2, 0.25) is 5.02 Å². The molecule has 2 aromatic carbocycles. The molecule has 126 valence electrons. The van der Waals surface area contributed by atoms with E-state index in [1.54, 1.807) is 0 Å². The summed E-state index contributed by atoms with van der Waals surface area (Å²) in [7, 11) is 0. The molecule has 0 saturated carbocycles. The fourth-order valence-corrected chi connectivity index (χ4v) is 3.15. The second-order valence-corrected chi connectivity index (χ2v) is 6.27. The summed E-state index contributed by atoms with van der Waals surface area (Å²) < 4.78 is 5.20. The van der Waals surface area contributed by atoms with Crippen LogP contribution in [0.4, 0.5) is 5.69 Å². The van der Waals surface area contributed by atoms with E-state index in [0.29, 0.717) is 5.69 Å². The zero-order valence-corrected chi connectivity index (χ0v) is 14.3. The molecule has 6 nitrogen and oxygen atoms in total. The number of rotatable bonds is 5. The molecule has 0 unspecified atom stereocenters. The van der Waals surface area contributed by atoms with Gasteiger partial charge < -0.3 is 4.74 Å². The Morgan fingerprint density at radius 3 is 2.68 bits per heavy atom. The van der Waals surface area contributed by atoms with Gasteiger partial charge in [0, 0.05) is 23.1 Å². The van der Waals surface area contributed by atoms with Gasteiger partial charge >= 0.3 is 5.97 Å². The minimum absolute atomic E-state index is 0.00448. The highest BCUT2D eigenvalue weighted by molar-refractivity contribution is 7.13. The van der Waals surface area contributed by atoms with Crippen LogP contribution in [0.15, 0.2) is 53.9 Å². The molecule has 0 bridgehead atoms. The Morgan fingerprint density at radius 2 is 2.00 bits per heavy atom. The van der Waals surface area contributed by atoms with Crippen LogP contribution in [0.1, 0.15) is 16.1 Å². The Labute approximate surface area is 151 Å². The van der Waals surface area contributed by atoms with E-state index in [2.05, 4.69) is 4.98 Å². The van der Waals surface area contributed by atoms with Crippen molar-refractivity contribution in [2.24, 2.45) is 0 Å². The minimum Gasteiger partial charge on any atom is -0.456 e. The smallest absolute Gasteiger partial charge is 0.340 e. The second kappa shape index (κ2) is 7.42.